The van der Waals surface area contributed by atoms with Gasteiger partial charge in [0.2, 0.25) is 15.9 Å². The molecule has 0 bridgehead atoms. The van der Waals surface area contributed by atoms with Crippen LogP contribution in [0.2, 0.25) is 0 Å². The van der Waals surface area contributed by atoms with Gasteiger partial charge in [-0.2, -0.15) is 0 Å². The van der Waals surface area contributed by atoms with E-state index in [2.05, 4.69) is 5.32 Å². The molecule has 0 unspecified atom stereocenters. The van der Waals surface area contributed by atoms with Crippen LogP contribution in [0.5, 0.6) is 0 Å². The van der Waals surface area contributed by atoms with Gasteiger partial charge in [-0.05, 0) is 25.7 Å². The first-order valence-corrected chi connectivity index (χ1v) is 8.66. The maximum atomic E-state index is 12.0. The van der Waals surface area contributed by atoms with Gasteiger partial charge in [-0.3, -0.25) is 4.79 Å². The third-order valence-electron chi connectivity index (χ3n) is 3.82. The Bertz CT molecular complexity index is 409. The first-order chi connectivity index (χ1) is 8.97. The van der Waals surface area contributed by atoms with Crippen molar-refractivity contribution in [3.05, 3.63) is 0 Å². The van der Waals surface area contributed by atoms with Crippen LogP contribution in [-0.4, -0.2) is 57.2 Å². The van der Waals surface area contributed by atoms with Crippen molar-refractivity contribution in [2.24, 2.45) is 5.92 Å². The van der Waals surface area contributed by atoms with E-state index in [0.29, 0.717) is 32.5 Å². The molecule has 2 aliphatic heterocycles. The summed E-state index contributed by atoms with van der Waals surface area (Å²) in [5.41, 5.74) is 0. The van der Waals surface area contributed by atoms with Crippen molar-refractivity contribution in [3.63, 3.8) is 0 Å². The van der Waals surface area contributed by atoms with Gasteiger partial charge in [-0.25, -0.2) is 12.7 Å². The zero-order valence-electron chi connectivity index (χ0n) is 11.3. The van der Waals surface area contributed by atoms with Crippen molar-refractivity contribution >= 4 is 15.9 Å². The highest BCUT2D eigenvalue weighted by Crippen LogP contribution is 2.19. The maximum Gasteiger partial charge on any atom is 0.223 e. The van der Waals surface area contributed by atoms with E-state index in [4.69, 9.17) is 4.74 Å². The molecule has 2 rings (SSSR count). The predicted octanol–water partition coefficient (Wildman–Crippen LogP) is -0.0468. The fourth-order valence-corrected chi connectivity index (χ4v) is 3.49. The van der Waals surface area contributed by atoms with Gasteiger partial charge in [-0.1, -0.05) is 0 Å². The van der Waals surface area contributed by atoms with Crippen LogP contribution >= 0.6 is 0 Å². The molecule has 1 atom stereocenters. The number of ether oxygens (including phenoxy) is 1. The highest BCUT2D eigenvalue weighted by molar-refractivity contribution is 7.88. The monoisotopic (exact) mass is 290 g/mol. The number of amides is 1. The third kappa shape index (κ3) is 4.15. The molecule has 0 spiro atoms. The zero-order chi connectivity index (χ0) is 13.9. The Morgan fingerprint density at radius 2 is 2.00 bits per heavy atom. The van der Waals surface area contributed by atoms with Crippen molar-refractivity contribution < 1.29 is 17.9 Å². The molecule has 2 heterocycles. The summed E-state index contributed by atoms with van der Waals surface area (Å²) in [5, 5.41) is 2.92. The summed E-state index contributed by atoms with van der Waals surface area (Å²) in [4.78, 5) is 12.0. The number of rotatable bonds is 4. The number of carbonyl (C=O) groups is 1. The summed E-state index contributed by atoms with van der Waals surface area (Å²) in [6.07, 6.45) is 4.64. The summed E-state index contributed by atoms with van der Waals surface area (Å²) >= 11 is 0. The van der Waals surface area contributed by atoms with Gasteiger partial charge in [0.25, 0.3) is 0 Å². The van der Waals surface area contributed by atoms with Gasteiger partial charge in [-0.15, -0.1) is 0 Å². The van der Waals surface area contributed by atoms with Crippen molar-refractivity contribution in [2.45, 2.75) is 31.8 Å². The largest absolute Gasteiger partial charge is 0.376 e. The molecule has 1 amide bonds. The van der Waals surface area contributed by atoms with E-state index in [9.17, 15) is 13.2 Å². The summed E-state index contributed by atoms with van der Waals surface area (Å²) in [6, 6.07) is 0. The van der Waals surface area contributed by atoms with Crippen molar-refractivity contribution in [3.8, 4) is 0 Å². The molecule has 0 aromatic rings. The molecule has 0 radical (unpaired) electrons. The first kappa shape index (κ1) is 14.7. The fraction of sp³-hybridized carbons (Fsp3) is 0.917. The molecule has 19 heavy (non-hydrogen) atoms. The second-order valence-electron chi connectivity index (χ2n) is 5.32. The minimum absolute atomic E-state index is 0.0312. The van der Waals surface area contributed by atoms with Crippen molar-refractivity contribution in [1.82, 2.24) is 9.62 Å². The molecule has 7 heteroatoms. The Hall–Kier alpha value is -0.660. The number of hydrogen-bond donors (Lipinski definition) is 1. The summed E-state index contributed by atoms with van der Waals surface area (Å²) in [5.74, 6) is -0.0388. The Kier molecular flexibility index (Phi) is 4.81. The van der Waals surface area contributed by atoms with Crippen LogP contribution in [0.15, 0.2) is 0 Å². The van der Waals surface area contributed by atoms with E-state index in [1.54, 1.807) is 0 Å². The average molecular weight is 290 g/mol. The number of hydrogen-bond acceptors (Lipinski definition) is 4. The SMILES string of the molecule is CS(=O)(=O)N1CCC(C(=O)NC[C@@H]2CCCO2)CC1. The van der Waals surface area contributed by atoms with Gasteiger partial charge in [0.1, 0.15) is 0 Å². The fourth-order valence-electron chi connectivity index (χ4n) is 2.61. The molecule has 1 N–H and O–H groups in total. The molecule has 110 valence electrons. The zero-order valence-corrected chi connectivity index (χ0v) is 12.1. The van der Waals surface area contributed by atoms with Crippen LogP contribution in [0, 0.1) is 5.92 Å². The van der Waals surface area contributed by atoms with E-state index in [1.807, 2.05) is 0 Å². The van der Waals surface area contributed by atoms with Gasteiger partial charge in [0.05, 0.1) is 12.4 Å². The van der Waals surface area contributed by atoms with E-state index < -0.39 is 10.0 Å². The molecule has 2 saturated heterocycles. The topological polar surface area (TPSA) is 75.7 Å². The summed E-state index contributed by atoms with van der Waals surface area (Å²) in [6.45, 7) is 2.24. The van der Waals surface area contributed by atoms with Crippen LogP contribution in [0.3, 0.4) is 0 Å². The second kappa shape index (κ2) is 6.19. The molecular weight excluding hydrogens is 268 g/mol. The maximum absolute atomic E-state index is 12.0. The van der Waals surface area contributed by atoms with Gasteiger partial charge in [0, 0.05) is 32.2 Å². The van der Waals surface area contributed by atoms with Crippen LogP contribution in [0.1, 0.15) is 25.7 Å². The molecule has 0 saturated carbocycles. The summed E-state index contributed by atoms with van der Waals surface area (Å²) in [7, 11) is -3.12. The lowest BCUT2D eigenvalue weighted by Crippen LogP contribution is -2.43. The molecule has 6 nitrogen and oxygen atoms in total. The normalized spacial score (nSPS) is 26.5. The lowest BCUT2D eigenvalue weighted by Gasteiger charge is -2.29. The lowest BCUT2D eigenvalue weighted by atomic mass is 9.97. The van der Waals surface area contributed by atoms with Gasteiger partial charge < -0.3 is 10.1 Å². The van der Waals surface area contributed by atoms with Crippen LogP contribution in [-0.2, 0) is 19.6 Å². The van der Waals surface area contributed by atoms with E-state index >= 15 is 0 Å². The standard InChI is InChI=1S/C12H22N2O4S/c1-19(16,17)14-6-4-10(5-7-14)12(15)13-9-11-3-2-8-18-11/h10-11H,2-9H2,1H3,(H,13,15)/t11-/m0/s1. The highest BCUT2D eigenvalue weighted by Gasteiger charge is 2.29. The predicted molar refractivity (Wildman–Crippen MR) is 71.1 cm³/mol. The van der Waals surface area contributed by atoms with Crippen LogP contribution in [0.4, 0.5) is 0 Å². The number of piperidine rings is 1. The smallest absolute Gasteiger partial charge is 0.223 e. The number of sulfonamides is 1. The van der Waals surface area contributed by atoms with Crippen LogP contribution < -0.4 is 5.32 Å². The Morgan fingerprint density at radius 3 is 2.53 bits per heavy atom. The highest BCUT2D eigenvalue weighted by atomic mass is 32.2. The Balaban J connectivity index is 1.73. The molecule has 0 aromatic heterocycles. The Morgan fingerprint density at radius 1 is 1.32 bits per heavy atom. The molecule has 2 fully saturated rings. The first-order valence-electron chi connectivity index (χ1n) is 6.81. The quantitative estimate of drug-likeness (QED) is 0.788. The van der Waals surface area contributed by atoms with Crippen molar-refractivity contribution in [1.29, 1.82) is 0 Å². The summed E-state index contributed by atoms with van der Waals surface area (Å²) < 4.78 is 29.6. The second-order valence-corrected chi connectivity index (χ2v) is 7.30. The van der Waals surface area contributed by atoms with E-state index in [1.165, 1.54) is 10.6 Å². The lowest BCUT2D eigenvalue weighted by molar-refractivity contribution is -0.126. The Labute approximate surface area is 114 Å². The van der Waals surface area contributed by atoms with Gasteiger partial charge >= 0.3 is 0 Å². The number of carbonyl (C=O) groups excluding carboxylic acids is 1. The number of nitrogens with one attached hydrogen (secondary N) is 1. The van der Waals surface area contributed by atoms with Gasteiger partial charge in [0.15, 0.2) is 0 Å². The average Bonchev–Trinajstić information content (AvgIpc) is 2.88. The van der Waals surface area contributed by atoms with Crippen molar-refractivity contribution in [2.75, 3.05) is 32.5 Å². The molecule has 2 aliphatic rings. The minimum Gasteiger partial charge on any atom is -0.376 e. The molecule has 0 aromatic carbocycles. The van der Waals surface area contributed by atoms with E-state index in [-0.39, 0.29) is 17.9 Å². The van der Waals surface area contributed by atoms with E-state index in [0.717, 1.165) is 19.4 Å². The number of nitrogens with zero attached hydrogens (tertiary/aromatic N) is 1. The van der Waals surface area contributed by atoms with Crippen LogP contribution in [0.25, 0.3) is 0 Å². The minimum atomic E-state index is -3.12. The molecule has 0 aliphatic carbocycles. The third-order valence-corrected chi connectivity index (χ3v) is 5.12. The molecular formula is C12H22N2O4S.